The Bertz CT molecular complexity index is 701. The van der Waals surface area contributed by atoms with Crippen LogP contribution >= 0.6 is 11.3 Å². The highest BCUT2D eigenvalue weighted by molar-refractivity contribution is 7.15. The maximum absolute atomic E-state index is 12.4. The van der Waals surface area contributed by atoms with Crippen LogP contribution in [0.5, 0.6) is 0 Å². The second kappa shape index (κ2) is 6.87. The molecule has 6 nitrogen and oxygen atoms in total. The van der Waals surface area contributed by atoms with Crippen LogP contribution in [0.4, 0.5) is 10.8 Å². The molecule has 0 radical (unpaired) electrons. The van der Waals surface area contributed by atoms with E-state index in [1.807, 2.05) is 30.3 Å². The Morgan fingerprint density at radius 2 is 2.13 bits per heavy atom. The highest BCUT2D eigenvalue weighted by atomic mass is 32.1. The number of nitrogens with zero attached hydrogens (tertiary/aromatic N) is 3. The van der Waals surface area contributed by atoms with E-state index in [0.29, 0.717) is 11.7 Å². The summed E-state index contributed by atoms with van der Waals surface area (Å²) in [6.07, 6.45) is 2.07. The Morgan fingerprint density at radius 1 is 1.35 bits per heavy atom. The van der Waals surface area contributed by atoms with E-state index in [1.165, 1.54) is 11.3 Å². The summed E-state index contributed by atoms with van der Waals surface area (Å²) in [6, 6.07) is 9.41. The lowest BCUT2D eigenvalue weighted by molar-refractivity contribution is -0.122. The molecule has 1 aromatic carbocycles. The van der Waals surface area contributed by atoms with Crippen molar-refractivity contribution in [1.82, 2.24) is 10.2 Å². The third-order valence-corrected chi connectivity index (χ3v) is 4.62. The summed E-state index contributed by atoms with van der Waals surface area (Å²) in [5.41, 5.74) is 0.828. The number of amides is 2. The number of aromatic nitrogens is 2. The maximum Gasteiger partial charge on any atom is 0.231 e. The highest BCUT2D eigenvalue weighted by Crippen LogP contribution is 2.26. The predicted octanol–water partition coefficient (Wildman–Crippen LogP) is 2.48. The van der Waals surface area contributed by atoms with Crippen molar-refractivity contribution in [2.24, 2.45) is 5.92 Å². The number of aryl methyl sites for hydroxylation is 1. The zero-order chi connectivity index (χ0) is 16.2. The minimum absolute atomic E-state index is 0.0275. The Labute approximate surface area is 138 Å². The number of nitrogens with one attached hydrogen (secondary N) is 1. The lowest BCUT2D eigenvalue weighted by Crippen LogP contribution is -2.28. The van der Waals surface area contributed by atoms with Gasteiger partial charge in [0.2, 0.25) is 16.9 Å². The van der Waals surface area contributed by atoms with Crippen LogP contribution in [0.25, 0.3) is 0 Å². The summed E-state index contributed by atoms with van der Waals surface area (Å²) in [5, 5.41) is 12.2. The molecule has 0 bridgehead atoms. The number of rotatable bonds is 5. The molecule has 1 aliphatic heterocycles. The average molecular weight is 330 g/mol. The quantitative estimate of drug-likeness (QED) is 0.914. The van der Waals surface area contributed by atoms with E-state index in [2.05, 4.69) is 22.4 Å². The first-order valence-electron chi connectivity index (χ1n) is 7.66. The van der Waals surface area contributed by atoms with Crippen molar-refractivity contribution in [3.63, 3.8) is 0 Å². The van der Waals surface area contributed by atoms with Gasteiger partial charge in [0.05, 0.1) is 5.92 Å². The van der Waals surface area contributed by atoms with Crippen LogP contribution < -0.4 is 10.2 Å². The lowest BCUT2D eigenvalue weighted by Gasteiger charge is -2.16. The summed E-state index contributed by atoms with van der Waals surface area (Å²) in [7, 11) is 0. The molecule has 1 fully saturated rings. The molecule has 2 aromatic rings. The van der Waals surface area contributed by atoms with Crippen LogP contribution in [-0.4, -0.2) is 28.6 Å². The molecule has 0 spiro atoms. The Kier molecular flexibility index (Phi) is 4.66. The van der Waals surface area contributed by atoms with Crippen LogP contribution in [0.15, 0.2) is 30.3 Å². The molecule has 23 heavy (non-hydrogen) atoms. The van der Waals surface area contributed by atoms with Crippen LogP contribution in [0.2, 0.25) is 0 Å². The second-order valence-electron chi connectivity index (χ2n) is 5.48. The second-order valence-corrected chi connectivity index (χ2v) is 6.54. The summed E-state index contributed by atoms with van der Waals surface area (Å²) in [4.78, 5) is 26.2. The number of para-hydroxylation sites is 1. The van der Waals surface area contributed by atoms with Crippen molar-refractivity contribution in [1.29, 1.82) is 0 Å². The molecule has 2 amide bonds. The molecule has 1 aliphatic rings. The van der Waals surface area contributed by atoms with Gasteiger partial charge in [-0.2, -0.15) is 0 Å². The van der Waals surface area contributed by atoms with Gasteiger partial charge in [0.25, 0.3) is 0 Å². The van der Waals surface area contributed by atoms with Gasteiger partial charge in [0.1, 0.15) is 5.01 Å². The molecule has 1 aromatic heterocycles. The molecule has 0 aliphatic carbocycles. The summed E-state index contributed by atoms with van der Waals surface area (Å²) < 4.78 is 0. The van der Waals surface area contributed by atoms with Gasteiger partial charge < -0.3 is 10.2 Å². The molecule has 1 atom stereocenters. The van der Waals surface area contributed by atoms with Crippen molar-refractivity contribution in [3.8, 4) is 0 Å². The van der Waals surface area contributed by atoms with E-state index in [-0.39, 0.29) is 24.2 Å². The van der Waals surface area contributed by atoms with Gasteiger partial charge in [-0.25, -0.2) is 0 Å². The standard InChI is InChI=1S/C16H18N4O2S/c1-2-6-13-18-19-16(23-13)17-15(22)11-9-14(21)20(10-11)12-7-4-3-5-8-12/h3-5,7-8,11H,2,6,9-10H2,1H3,(H,17,19,22)/t11-/m0/s1. The number of anilines is 2. The minimum Gasteiger partial charge on any atom is -0.312 e. The molecular formula is C16H18N4O2S. The molecule has 7 heteroatoms. The maximum atomic E-state index is 12.4. The number of hydrogen-bond donors (Lipinski definition) is 1. The zero-order valence-corrected chi connectivity index (χ0v) is 13.7. The molecule has 1 saturated heterocycles. The third kappa shape index (κ3) is 3.56. The van der Waals surface area contributed by atoms with Crippen molar-refractivity contribution in [2.45, 2.75) is 26.2 Å². The van der Waals surface area contributed by atoms with Crippen molar-refractivity contribution < 1.29 is 9.59 Å². The summed E-state index contributed by atoms with van der Waals surface area (Å²) >= 11 is 1.39. The van der Waals surface area contributed by atoms with Crippen molar-refractivity contribution in [3.05, 3.63) is 35.3 Å². The predicted molar refractivity (Wildman–Crippen MR) is 89.4 cm³/mol. The fraction of sp³-hybridized carbons (Fsp3) is 0.375. The molecule has 0 unspecified atom stereocenters. The van der Waals surface area contributed by atoms with Crippen molar-refractivity contribution in [2.75, 3.05) is 16.8 Å². The Hall–Kier alpha value is -2.28. The fourth-order valence-corrected chi connectivity index (χ4v) is 3.41. The van der Waals surface area contributed by atoms with E-state index >= 15 is 0 Å². The minimum atomic E-state index is -0.360. The Balaban J connectivity index is 1.63. The topological polar surface area (TPSA) is 75.2 Å². The van der Waals surface area contributed by atoms with Crippen LogP contribution in [-0.2, 0) is 16.0 Å². The van der Waals surface area contributed by atoms with Gasteiger partial charge >= 0.3 is 0 Å². The monoisotopic (exact) mass is 330 g/mol. The van der Waals surface area contributed by atoms with E-state index in [4.69, 9.17) is 0 Å². The molecule has 2 heterocycles. The zero-order valence-electron chi connectivity index (χ0n) is 12.9. The largest absolute Gasteiger partial charge is 0.312 e. The van der Waals surface area contributed by atoms with Crippen molar-refractivity contribution >= 4 is 34.0 Å². The number of carbonyl (C=O) groups excluding carboxylic acids is 2. The first-order valence-corrected chi connectivity index (χ1v) is 8.47. The van der Waals surface area contributed by atoms with Gasteiger partial charge in [0, 0.05) is 25.1 Å². The van der Waals surface area contributed by atoms with Gasteiger partial charge in [0.15, 0.2) is 0 Å². The SMILES string of the molecule is CCCc1nnc(NC(=O)[C@H]2CC(=O)N(c3ccccc3)C2)s1. The van der Waals surface area contributed by atoms with Gasteiger partial charge in [-0.3, -0.25) is 9.59 Å². The number of benzene rings is 1. The molecule has 120 valence electrons. The molecular weight excluding hydrogens is 312 g/mol. The summed E-state index contributed by atoms with van der Waals surface area (Å²) in [5.74, 6) is -0.558. The van der Waals surface area contributed by atoms with E-state index in [1.54, 1.807) is 4.90 Å². The first kappa shape index (κ1) is 15.6. The molecule has 0 saturated carbocycles. The van der Waals surface area contributed by atoms with Crippen LogP contribution in [0.3, 0.4) is 0 Å². The van der Waals surface area contributed by atoms with E-state index in [0.717, 1.165) is 23.5 Å². The highest BCUT2D eigenvalue weighted by Gasteiger charge is 2.35. The average Bonchev–Trinajstić information content (AvgIpc) is 3.15. The van der Waals surface area contributed by atoms with Gasteiger partial charge in [-0.15, -0.1) is 10.2 Å². The third-order valence-electron chi connectivity index (χ3n) is 3.72. The van der Waals surface area contributed by atoms with Gasteiger partial charge in [-0.1, -0.05) is 36.5 Å². The number of carbonyl (C=O) groups is 2. The number of hydrogen-bond acceptors (Lipinski definition) is 5. The molecule has 1 N–H and O–H groups in total. The first-order chi connectivity index (χ1) is 11.2. The lowest BCUT2D eigenvalue weighted by atomic mass is 10.1. The normalized spacial score (nSPS) is 17.5. The van der Waals surface area contributed by atoms with Crippen LogP contribution in [0.1, 0.15) is 24.8 Å². The van der Waals surface area contributed by atoms with Gasteiger partial charge in [-0.05, 0) is 18.6 Å². The molecule has 3 rings (SSSR count). The Morgan fingerprint density at radius 3 is 2.87 bits per heavy atom. The van der Waals surface area contributed by atoms with E-state index in [9.17, 15) is 9.59 Å². The van der Waals surface area contributed by atoms with E-state index < -0.39 is 0 Å². The fourth-order valence-electron chi connectivity index (χ4n) is 2.57. The summed E-state index contributed by atoms with van der Waals surface area (Å²) in [6.45, 7) is 2.47. The van der Waals surface area contributed by atoms with Crippen LogP contribution in [0, 0.1) is 5.92 Å². The smallest absolute Gasteiger partial charge is 0.231 e.